The minimum absolute atomic E-state index is 0.492. The van der Waals surface area contributed by atoms with Gasteiger partial charge in [0, 0.05) is 13.1 Å². The van der Waals surface area contributed by atoms with Crippen molar-refractivity contribution < 1.29 is 29.6 Å². The van der Waals surface area contributed by atoms with Gasteiger partial charge in [-0.25, -0.2) is 0 Å². The van der Waals surface area contributed by atoms with Gasteiger partial charge < -0.3 is 10.6 Å². The molecule has 0 unspecified atom stereocenters. The number of hydrogen-bond acceptors (Lipinski definition) is 6. The van der Waals surface area contributed by atoms with Crippen LogP contribution in [0.25, 0.3) is 0 Å². The van der Waals surface area contributed by atoms with Gasteiger partial charge in [-0.3, -0.25) is 0 Å². The Morgan fingerprint density at radius 3 is 0.857 bits per heavy atom. The molecule has 10 N–H and O–H groups in total. The molecule has 0 amide bonds. The van der Waals surface area contributed by atoms with Gasteiger partial charge in [-0.1, -0.05) is 24.4 Å². The number of rotatable bonds is 7. The van der Waals surface area contributed by atoms with Gasteiger partial charge in [-0.2, -0.15) is 0 Å². The molecule has 0 fully saturated rings. The van der Waals surface area contributed by atoms with Crippen molar-refractivity contribution in [3.05, 3.63) is 0 Å². The standard InChI is InChI=1S/C4H8N2S4.4CH2NS.4CH3.2Zn/c7-3(8)5-1-2-6-4(9)10;4*2-1-3;;;;;;/h1-2H2,(H2,5,7,8)(H2,6,9,10);4*(H2,2,3);4*1H3;;. The van der Waals surface area contributed by atoms with Crippen LogP contribution < -0.4 is 33.6 Å². The number of thiol groups is 2. The molecular formula is C12H28N6S8Zn2. The first-order valence-corrected chi connectivity index (χ1v) is 29.9. The molecule has 0 saturated carbocycles. The van der Waals surface area contributed by atoms with Crippen molar-refractivity contribution in [2.24, 2.45) is 22.9 Å². The van der Waals surface area contributed by atoms with Crippen LogP contribution in [-0.2, 0) is 29.6 Å². The van der Waals surface area contributed by atoms with E-state index in [1.807, 2.05) is 22.1 Å². The number of nitrogens with two attached hydrogens (primary N) is 4. The number of hydrogen-bond donors (Lipinski definition) is 8. The van der Waals surface area contributed by atoms with Gasteiger partial charge in [0.05, 0.1) is 0 Å². The Kier molecular flexibility index (Phi) is 20.5. The maximum absolute atomic E-state index is 5.43. The Balaban J connectivity index is -0.000000336. The van der Waals surface area contributed by atoms with E-state index in [1.165, 1.54) is 0 Å². The molecule has 0 aliphatic carbocycles. The fourth-order valence-corrected chi connectivity index (χ4v) is 6.73. The summed E-state index contributed by atoms with van der Waals surface area (Å²) in [4.78, 5) is 0. The second kappa shape index (κ2) is 16.9. The van der Waals surface area contributed by atoms with Crippen LogP contribution in [-0.4, -0.2) is 36.1 Å². The number of nitrogens with one attached hydrogen (secondary N) is 2. The normalized spacial score (nSPS) is 8.93. The summed E-state index contributed by atoms with van der Waals surface area (Å²) in [5, 5.41) is 5.68. The van der Waals surface area contributed by atoms with Crippen LogP contribution in [0.1, 0.15) is 0 Å². The Bertz CT molecular complexity index is 527. The third kappa shape index (κ3) is 18.1. The van der Waals surface area contributed by atoms with Crippen LogP contribution in [0.2, 0.25) is 22.1 Å². The summed E-state index contributed by atoms with van der Waals surface area (Å²) < 4.78 is 3.23. The van der Waals surface area contributed by atoms with E-state index in [0.717, 1.165) is 0 Å². The molecule has 16 heteroatoms. The summed E-state index contributed by atoms with van der Waals surface area (Å²) in [5.41, 5.74) is 29.8. The van der Waals surface area contributed by atoms with Crippen molar-refractivity contribution in [1.82, 2.24) is 10.6 Å². The predicted octanol–water partition coefficient (Wildman–Crippen LogP) is 2.04. The molecule has 0 saturated heterocycles. The van der Waals surface area contributed by atoms with Gasteiger partial charge in [-0.15, -0.1) is 25.3 Å². The summed E-state index contributed by atoms with van der Waals surface area (Å²) in [6.45, 7) is 1.42. The molecule has 0 heterocycles. The first-order chi connectivity index (χ1) is 12.4. The van der Waals surface area contributed by atoms with Crippen LogP contribution in [0.3, 0.4) is 0 Å². The van der Waals surface area contributed by atoms with E-state index < -0.39 is 29.6 Å². The van der Waals surface area contributed by atoms with Crippen molar-refractivity contribution in [3.8, 4) is 0 Å². The fraction of sp³-hybridized carbons (Fsp3) is 0.500. The van der Waals surface area contributed by atoms with Gasteiger partial charge in [0.2, 0.25) is 0 Å². The zero-order valence-electron chi connectivity index (χ0n) is 16.5. The van der Waals surface area contributed by atoms with Gasteiger partial charge >= 0.3 is 138 Å². The predicted molar refractivity (Wildman–Crippen MR) is 150 cm³/mol. The fourth-order valence-electron chi connectivity index (χ4n) is 0.682. The Morgan fingerprint density at radius 2 is 0.786 bits per heavy atom. The van der Waals surface area contributed by atoms with Crippen LogP contribution in [0.5, 0.6) is 0 Å². The van der Waals surface area contributed by atoms with Crippen LogP contribution >= 0.6 is 98.6 Å². The van der Waals surface area contributed by atoms with Crippen molar-refractivity contribution in [1.29, 1.82) is 0 Å². The van der Waals surface area contributed by atoms with E-state index in [2.05, 4.69) is 60.3 Å². The molecule has 0 radical (unpaired) electrons. The molecule has 6 nitrogen and oxygen atoms in total. The molecule has 28 heavy (non-hydrogen) atoms. The third-order valence-electron chi connectivity index (χ3n) is 4.16. The molecule has 0 spiro atoms. The van der Waals surface area contributed by atoms with E-state index in [9.17, 15) is 0 Å². The molecular weight excluding hydrogens is 615 g/mol. The van der Waals surface area contributed by atoms with E-state index in [4.69, 9.17) is 71.8 Å². The minimum atomic E-state index is -2.62. The van der Waals surface area contributed by atoms with E-state index in [0.29, 0.717) is 36.1 Å². The van der Waals surface area contributed by atoms with Gasteiger partial charge in [0.1, 0.15) is 8.64 Å². The molecule has 0 aromatic carbocycles. The SMILES string of the molecule is S=C(S)NCCNC(=S)S.[CH3][Zn]([CH3])([C](N)=S)[C](N)=S.[CH3][Zn]([CH3])([C](N)=S)[C](N)=S. The first kappa shape index (κ1) is 33.9. The summed E-state index contributed by atoms with van der Waals surface area (Å²) in [5.74, 6) is 0. The molecule has 0 bridgehead atoms. The van der Waals surface area contributed by atoms with Crippen LogP contribution in [0.4, 0.5) is 0 Å². The molecule has 0 aromatic heterocycles. The zero-order chi connectivity index (χ0) is 23.3. The van der Waals surface area contributed by atoms with Crippen molar-refractivity contribution in [2.75, 3.05) is 13.1 Å². The van der Waals surface area contributed by atoms with E-state index >= 15 is 0 Å². The Hall–Kier alpha value is 1.29. The quantitative estimate of drug-likeness (QED) is 0.0896. The summed E-state index contributed by atoms with van der Waals surface area (Å²) in [6.07, 6.45) is 0. The van der Waals surface area contributed by atoms with Gasteiger partial charge in [-0.05, 0) is 0 Å². The van der Waals surface area contributed by atoms with Gasteiger partial charge in [0.25, 0.3) is 0 Å². The van der Waals surface area contributed by atoms with Crippen molar-refractivity contribution in [2.45, 2.75) is 22.1 Å². The molecule has 158 valence electrons. The van der Waals surface area contributed by atoms with Crippen molar-refractivity contribution in [3.63, 3.8) is 0 Å². The Labute approximate surface area is 217 Å². The Morgan fingerprint density at radius 1 is 0.607 bits per heavy atom. The second-order valence-electron chi connectivity index (χ2n) is 7.93. The monoisotopic (exact) mass is 640 g/mol. The average molecular weight is 644 g/mol. The summed E-state index contributed by atoms with van der Waals surface area (Å²) in [7, 11) is 0. The van der Waals surface area contributed by atoms with E-state index in [1.54, 1.807) is 0 Å². The number of thiocarbonyl (C=S) groups is 6. The average Bonchev–Trinajstić information content (AvgIpc) is 2.51. The summed E-state index contributed by atoms with van der Waals surface area (Å²) in [6, 6.07) is 0. The zero-order valence-corrected chi connectivity index (χ0v) is 29.1. The van der Waals surface area contributed by atoms with E-state index in [-0.39, 0.29) is 0 Å². The van der Waals surface area contributed by atoms with Crippen molar-refractivity contribution >= 4 is 122 Å². The molecule has 0 aromatic rings. The second-order valence-corrected chi connectivity index (χ2v) is 42.3. The molecule has 0 aliphatic heterocycles. The molecule has 0 atom stereocenters. The van der Waals surface area contributed by atoms with Gasteiger partial charge in [0.15, 0.2) is 0 Å². The first-order valence-electron chi connectivity index (χ1n) is 8.78. The summed E-state index contributed by atoms with van der Waals surface area (Å²) >= 11 is 31.0. The molecule has 0 aliphatic rings. The third-order valence-corrected chi connectivity index (χ3v) is 34.4. The van der Waals surface area contributed by atoms with Crippen LogP contribution in [0.15, 0.2) is 0 Å². The van der Waals surface area contributed by atoms with Crippen LogP contribution in [0, 0.1) is 0 Å². The maximum atomic E-state index is 5.43. The topological polar surface area (TPSA) is 128 Å². The molecule has 0 rings (SSSR count).